The predicted octanol–water partition coefficient (Wildman–Crippen LogP) is 3.45. The third-order valence-electron chi connectivity index (χ3n) is 2.87. The van der Waals surface area contributed by atoms with Crippen molar-refractivity contribution in [3.8, 4) is 0 Å². The van der Waals surface area contributed by atoms with Crippen LogP contribution in [0.15, 0.2) is 23.3 Å². The fourth-order valence-corrected chi connectivity index (χ4v) is 2.07. The van der Waals surface area contributed by atoms with Gasteiger partial charge in [0.05, 0.1) is 0 Å². The molecule has 1 unspecified atom stereocenters. The van der Waals surface area contributed by atoms with Gasteiger partial charge in [-0.25, -0.2) is 0 Å². The van der Waals surface area contributed by atoms with E-state index in [1.54, 1.807) is 11.1 Å². The summed E-state index contributed by atoms with van der Waals surface area (Å²) in [7, 11) is 0. The maximum absolute atomic E-state index is 2.38. The lowest BCUT2D eigenvalue weighted by atomic mass is 9.79. The monoisotopic (exact) mass is 148 g/mol. The summed E-state index contributed by atoms with van der Waals surface area (Å²) in [5.74, 6) is 0.792. The van der Waals surface area contributed by atoms with Gasteiger partial charge in [0.1, 0.15) is 0 Å². The van der Waals surface area contributed by atoms with Crippen LogP contribution >= 0.6 is 0 Å². The molecule has 0 nitrogen and oxygen atoms in total. The molecular weight excluding hydrogens is 132 g/mol. The molecule has 0 aromatic rings. The molecule has 0 heterocycles. The minimum absolute atomic E-state index is 0.792. The van der Waals surface area contributed by atoms with E-state index in [-0.39, 0.29) is 0 Å². The van der Waals surface area contributed by atoms with Crippen LogP contribution in [0.3, 0.4) is 0 Å². The third-order valence-corrected chi connectivity index (χ3v) is 2.87. The van der Waals surface area contributed by atoms with E-state index >= 15 is 0 Å². The number of hydrogen-bond donors (Lipinski definition) is 0. The Morgan fingerprint density at radius 1 is 1.18 bits per heavy atom. The maximum atomic E-state index is 2.38. The van der Waals surface area contributed by atoms with Gasteiger partial charge in [-0.15, -0.1) is 0 Å². The first-order valence-electron chi connectivity index (χ1n) is 4.72. The molecule has 60 valence electrons. The first kappa shape index (κ1) is 7.15. The Labute approximate surface area is 69.0 Å². The predicted molar refractivity (Wildman–Crippen MR) is 48.4 cm³/mol. The Balaban J connectivity index is 2.10. The number of allylic oxidation sites excluding steroid dienone is 4. The van der Waals surface area contributed by atoms with Crippen LogP contribution in [0.25, 0.3) is 0 Å². The van der Waals surface area contributed by atoms with Gasteiger partial charge in [-0.2, -0.15) is 0 Å². The Morgan fingerprint density at radius 3 is 2.73 bits per heavy atom. The summed E-state index contributed by atoms with van der Waals surface area (Å²) in [4.78, 5) is 0. The minimum atomic E-state index is 0.792. The van der Waals surface area contributed by atoms with Crippen LogP contribution in [0.2, 0.25) is 0 Å². The molecule has 0 aliphatic heterocycles. The van der Waals surface area contributed by atoms with Crippen molar-refractivity contribution in [2.45, 2.75) is 39.0 Å². The van der Waals surface area contributed by atoms with Gasteiger partial charge in [0.15, 0.2) is 0 Å². The quantitative estimate of drug-likeness (QED) is 0.461. The Hall–Kier alpha value is -0.520. The lowest BCUT2D eigenvalue weighted by Crippen LogP contribution is -2.08. The summed E-state index contributed by atoms with van der Waals surface area (Å²) < 4.78 is 0. The summed E-state index contributed by atoms with van der Waals surface area (Å²) in [5.41, 5.74) is 3.56. The number of rotatable bonds is 0. The summed E-state index contributed by atoms with van der Waals surface area (Å²) in [6.45, 7) is 2.32. The average Bonchev–Trinajstić information content (AvgIpc) is 1.96. The molecule has 0 fully saturated rings. The van der Waals surface area contributed by atoms with Crippen molar-refractivity contribution in [2.75, 3.05) is 0 Å². The van der Waals surface area contributed by atoms with E-state index in [0.29, 0.717) is 0 Å². The summed E-state index contributed by atoms with van der Waals surface area (Å²) >= 11 is 0. The fourth-order valence-electron chi connectivity index (χ4n) is 2.07. The van der Waals surface area contributed by atoms with Crippen LogP contribution in [0.1, 0.15) is 39.0 Å². The van der Waals surface area contributed by atoms with Crippen molar-refractivity contribution in [3.05, 3.63) is 23.3 Å². The minimum Gasteiger partial charge on any atom is -0.0879 e. The van der Waals surface area contributed by atoms with E-state index in [1.165, 1.54) is 32.1 Å². The van der Waals surface area contributed by atoms with E-state index in [0.717, 1.165) is 5.92 Å². The molecule has 0 aromatic heterocycles. The van der Waals surface area contributed by atoms with Gasteiger partial charge >= 0.3 is 0 Å². The maximum Gasteiger partial charge on any atom is -0.0225 e. The largest absolute Gasteiger partial charge is 0.0879 e. The highest BCUT2D eigenvalue weighted by Gasteiger charge is 2.18. The SMILES string of the molecule is CC1/C=C\CCC2=C(CC2)C1. The summed E-state index contributed by atoms with van der Waals surface area (Å²) in [6.07, 6.45) is 11.5. The second-order valence-corrected chi connectivity index (χ2v) is 3.86. The van der Waals surface area contributed by atoms with Crippen molar-refractivity contribution >= 4 is 0 Å². The van der Waals surface area contributed by atoms with Crippen LogP contribution in [-0.2, 0) is 0 Å². The van der Waals surface area contributed by atoms with E-state index in [4.69, 9.17) is 0 Å². The Morgan fingerprint density at radius 2 is 2.00 bits per heavy atom. The van der Waals surface area contributed by atoms with Gasteiger partial charge in [-0.05, 0) is 38.0 Å². The zero-order valence-corrected chi connectivity index (χ0v) is 7.27. The van der Waals surface area contributed by atoms with Crippen LogP contribution in [-0.4, -0.2) is 0 Å². The average molecular weight is 148 g/mol. The van der Waals surface area contributed by atoms with Crippen molar-refractivity contribution < 1.29 is 0 Å². The Bertz CT molecular complexity index is 208. The fraction of sp³-hybridized carbons (Fsp3) is 0.636. The second kappa shape index (κ2) is 2.84. The topological polar surface area (TPSA) is 0 Å². The molecule has 2 aliphatic carbocycles. The van der Waals surface area contributed by atoms with Crippen molar-refractivity contribution in [3.63, 3.8) is 0 Å². The van der Waals surface area contributed by atoms with Crippen LogP contribution in [0, 0.1) is 5.92 Å². The van der Waals surface area contributed by atoms with Gasteiger partial charge in [-0.1, -0.05) is 30.2 Å². The normalized spacial score (nSPS) is 33.4. The van der Waals surface area contributed by atoms with Gasteiger partial charge in [0.2, 0.25) is 0 Å². The molecule has 0 heteroatoms. The van der Waals surface area contributed by atoms with E-state index in [1.807, 2.05) is 0 Å². The van der Waals surface area contributed by atoms with Crippen LogP contribution in [0.5, 0.6) is 0 Å². The van der Waals surface area contributed by atoms with Gasteiger partial charge in [0, 0.05) is 0 Å². The van der Waals surface area contributed by atoms with Crippen LogP contribution < -0.4 is 0 Å². The molecule has 1 atom stereocenters. The molecule has 0 N–H and O–H groups in total. The standard InChI is InChI=1S/C11H16/c1-9-4-2-3-5-10-6-7-11(10)8-9/h2,4,9H,3,5-8H2,1H3/b4-2-. The van der Waals surface area contributed by atoms with Crippen LogP contribution in [0.4, 0.5) is 0 Å². The highest BCUT2D eigenvalue weighted by atomic mass is 14.2. The lowest BCUT2D eigenvalue weighted by molar-refractivity contribution is 0.605. The van der Waals surface area contributed by atoms with Crippen molar-refractivity contribution in [1.29, 1.82) is 0 Å². The van der Waals surface area contributed by atoms with Crippen molar-refractivity contribution in [1.82, 2.24) is 0 Å². The lowest BCUT2D eigenvalue weighted by Gasteiger charge is -2.27. The zero-order chi connectivity index (χ0) is 7.68. The molecule has 0 saturated heterocycles. The van der Waals surface area contributed by atoms with E-state index in [2.05, 4.69) is 19.1 Å². The summed E-state index contributed by atoms with van der Waals surface area (Å²) in [6, 6.07) is 0. The molecule has 11 heavy (non-hydrogen) atoms. The van der Waals surface area contributed by atoms with Gasteiger partial charge in [-0.3, -0.25) is 0 Å². The van der Waals surface area contributed by atoms with E-state index < -0.39 is 0 Å². The zero-order valence-electron chi connectivity index (χ0n) is 7.27. The summed E-state index contributed by atoms with van der Waals surface area (Å²) in [5, 5.41) is 0. The molecule has 2 aliphatic rings. The second-order valence-electron chi connectivity index (χ2n) is 3.86. The number of hydrogen-bond acceptors (Lipinski definition) is 0. The molecule has 0 aromatic carbocycles. The first-order chi connectivity index (χ1) is 5.36. The molecule has 0 radical (unpaired) electrons. The van der Waals surface area contributed by atoms with Gasteiger partial charge in [0.25, 0.3) is 0 Å². The molecule has 2 rings (SSSR count). The highest BCUT2D eigenvalue weighted by Crippen LogP contribution is 2.36. The Kier molecular flexibility index (Phi) is 1.85. The smallest absolute Gasteiger partial charge is 0.0225 e. The van der Waals surface area contributed by atoms with Crippen molar-refractivity contribution in [2.24, 2.45) is 5.92 Å². The molecule has 0 saturated carbocycles. The van der Waals surface area contributed by atoms with E-state index in [9.17, 15) is 0 Å². The highest BCUT2D eigenvalue weighted by molar-refractivity contribution is 5.26. The molecule has 0 spiro atoms. The molecule has 0 amide bonds. The molecule has 0 bridgehead atoms. The van der Waals surface area contributed by atoms with Gasteiger partial charge < -0.3 is 0 Å². The molecular formula is C11H16. The third kappa shape index (κ3) is 1.40. The first-order valence-corrected chi connectivity index (χ1v) is 4.72.